The molecule has 10 rings (SSSR count). The van der Waals surface area contributed by atoms with Gasteiger partial charge in [-0.05, 0) is 124 Å². The van der Waals surface area contributed by atoms with E-state index >= 15 is 0 Å². The Bertz CT molecular complexity index is 2560. The minimum absolute atomic E-state index is 0.126. The van der Waals surface area contributed by atoms with E-state index in [1.54, 1.807) is 0 Å². The van der Waals surface area contributed by atoms with Crippen LogP contribution in [-0.2, 0) is 17.3 Å². The fourth-order valence-electron chi connectivity index (χ4n) is 10.3. The molecule has 0 heterocycles. The first-order valence-electron chi connectivity index (χ1n) is 19.6. The highest BCUT2D eigenvalue weighted by atomic mass is 15.1. The summed E-state index contributed by atoms with van der Waals surface area (Å²) < 4.78 is 0. The molecule has 5 aliphatic carbocycles. The fraction of sp³-hybridized carbons (Fsp3) is 0.170. The van der Waals surface area contributed by atoms with E-state index in [1.165, 1.54) is 78.2 Å². The standard InChI is InChI=1S/C53H45N/c1-4-17-42(34-41-33-37-19-12-14-27-47(37)52(41,2)3)54(50-29-15-20-38-32-36-18-11-13-25-44(36)51(38)50)43-30-31-46-45-26-16-28-48(45)53(49(46)35-43,39-21-7-5-8-22-39)40-23-9-6-10-24-40/h4-23,25,27-31,33-35,40H,24,26,32H2,1-3H3/b17-4-,42-34+. The van der Waals surface area contributed by atoms with Crippen LogP contribution in [0.1, 0.15) is 72.6 Å². The number of hydrogen-bond acceptors (Lipinski definition) is 1. The van der Waals surface area contributed by atoms with Crippen molar-refractivity contribution in [3.8, 4) is 11.1 Å². The zero-order chi connectivity index (χ0) is 36.4. The summed E-state index contributed by atoms with van der Waals surface area (Å²) in [6.07, 6.45) is 26.4. The summed E-state index contributed by atoms with van der Waals surface area (Å²) in [6, 6.07) is 43.5. The van der Waals surface area contributed by atoms with Crippen molar-refractivity contribution in [1.82, 2.24) is 0 Å². The lowest BCUT2D eigenvalue weighted by atomic mass is 9.61. The monoisotopic (exact) mass is 695 g/mol. The summed E-state index contributed by atoms with van der Waals surface area (Å²) in [5, 5.41) is 0. The third-order valence-corrected chi connectivity index (χ3v) is 12.7. The van der Waals surface area contributed by atoms with Crippen LogP contribution < -0.4 is 4.90 Å². The van der Waals surface area contributed by atoms with Crippen LogP contribution in [0.15, 0.2) is 187 Å². The van der Waals surface area contributed by atoms with E-state index in [4.69, 9.17) is 0 Å². The molecule has 0 spiro atoms. The van der Waals surface area contributed by atoms with Gasteiger partial charge in [0.05, 0.1) is 11.1 Å². The van der Waals surface area contributed by atoms with E-state index in [0.717, 1.165) is 25.0 Å². The van der Waals surface area contributed by atoms with Gasteiger partial charge < -0.3 is 4.90 Å². The Kier molecular flexibility index (Phi) is 7.63. The predicted octanol–water partition coefficient (Wildman–Crippen LogP) is 13.4. The molecule has 0 radical (unpaired) electrons. The van der Waals surface area contributed by atoms with Crippen LogP contribution in [0.25, 0.3) is 22.8 Å². The first kappa shape index (κ1) is 32.7. The van der Waals surface area contributed by atoms with E-state index < -0.39 is 0 Å². The number of fused-ring (bicyclic) bond motifs is 6. The summed E-state index contributed by atoms with van der Waals surface area (Å²) in [5.74, 6) is 0.295. The quantitative estimate of drug-likeness (QED) is 0.150. The van der Waals surface area contributed by atoms with Crippen LogP contribution >= 0.6 is 0 Å². The number of hydrogen-bond donors (Lipinski definition) is 0. The lowest BCUT2D eigenvalue weighted by Gasteiger charge is -2.41. The SMILES string of the molecule is C/C=C\C(=C/C1=Cc2ccccc2C1(C)C)N(c1ccc2c(c1)C(c1ccccc1)(C1C=CC=CC1)C1=C2CC=C1)c1cccc2c1-c1ccccc1C2. The van der Waals surface area contributed by atoms with Crippen LogP contribution in [0.4, 0.5) is 11.4 Å². The summed E-state index contributed by atoms with van der Waals surface area (Å²) in [7, 11) is 0. The Morgan fingerprint density at radius 2 is 1.57 bits per heavy atom. The van der Waals surface area contributed by atoms with Crippen LogP contribution in [0.5, 0.6) is 0 Å². The lowest BCUT2D eigenvalue weighted by molar-refractivity contribution is 0.454. The number of allylic oxidation sites excluding steroid dienone is 12. The van der Waals surface area contributed by atoms with Crippen molar-refractivity contribution < 1.29 is 0 Å². The second-order valence-corrected chi connectivity index (χ2v) is 15.9. The van der Waals surface area contributed by atoms with Crippen LogP contribution in [0.2, 0.25) is 0 Å². The molecular formula is C53H45N. The van der Waals surface area contributed by atoms with Crippen molar-refractivity contribution in [3.63, 3.8) is 0 Å². The molecule has 0 aliphatic heterocycles. The highest BCUT2D eigenvalue weighted by Crippen LogP contribution is 2.60. The summed E-state index contributed by atoms with van der Waals surface area (Å²) >= 11 is 0. The maximum Gasteiger partial charge on any atom is 0.0543 e. The molecule has 2 unspecified atom stereocenters. The van der Waals surface area contributed by atoms with Gasteiger partial charge in [0.25, 0.3) is 0 Å². The molecule has 2 atom stereocenters. The zero-order valence-electron chi connectivity index (χ0n) is 31.4. The molecule has 1 nitrogen and oxygen atoms in total. The first-order valence-corrected chi connectivity index (χ1v) is 19.6. The van der Waals surface area contributed by atoms with Gasteiger partial charge in [0.2, 0.25) is 0 Å². The van der Waals surface area contributed by atoms with Crippen LogP contribution in [0.3, 0.4) is 0 Å². The third-order valence-electron chi connectivity index (χ3n) is 12.7. The molecule has 1 heteroatoms. The molecule has 0 bridgehead atoms. The van der Waals surface area contributed by atoms with Gasteiger partial charge in [-0.3, -0.25) is 0 Å². The Morgan fingerprint density at radius 1 is 0.759 bits per heavy atom. The second kappa shape index (κ2) is 12.6. The highest BCUT2D eigenvalue weighted by molar-refractivity contribution is 5.94. The smallest absolute Gasteiger partial charge is 0.0543 e. The van der Waals surface area contributed by atoms with Crippen LogP contribution in [0, 0.1) is 5.92 Å². The Morgan fingerprint density at radius 3 is 2.41 bits per heavy atom. The molecule has 0 fully saturated rings. The summed E-state index contributed by atoms with van der Waals surface area (Å²) in [6.45, 7) is 6.88. The van der Waals surface area contributed by atoms with E-state index in [9.17, 15) is 0 Å². The van der Waals surface area contributed by atoms with Gasteiger partial charge in [0.1, 0.15) is 0 Å². The maximum absolute atomic E-state index is 2.56. The van der Waals surface area contributed by atoms with E-state index in [2.05, 4.69) is 202 Å². The van der Waals surface area contributed by atoms with Gasteiger partial charge >= 0.3 is 0 Å². The van der Waals surface area contributed by atoms with E-state index in [-0.39, 0.29) is 10.8 Å². The lowest BCUT2D eigenvalue weighted by Crippen LogP contribution is -2.36. The van der Waals surface area contributed by atoms with Crippen molar-refractivity contribution in [2.45, 2.75) is 50.9 Å². The molecule has 262 valence electrons. The van der Waals surface area contributed by atoms with Gasteiger partial charge in [-0.2, -0.15) is 0 Å². The minimum atomic E-state index is -0.296. The van der Waals surface area contributed by atoms with Crippen molar-refractivity contribution >= 4 is 23.0 Å². The number of rotatable bonds is 7. The van der Waals surface area contributed by atoms with Gasteiger partial charge in [-0.15, -0.1) is 0 Å². The van der Waals surface area contributed by atoms with Crippen molar-refractivity contribution in [3.05, 3.63) is 226 Å². The van der Waals surface area contributed by atoms with Gasteiger partial charge in [0, 0.05) is 22.4 Å². The Labute approximate surface area is 320 Å². The summed E-state index contributed by atoms with van der Waals surface area (Å²) in [4.78, 5) is 2.56. The molecular weight excluding hydrogens is 651 g/mol. The molecule has 0 amide bonds. The molecule has 54 heavy (non-hydrogen) atoms. The molecule has 5 aliphatic rings. The van der Waals surface area contributed by atoms with Gasteiger partial charge in [0.15, 0.2) is 0 Å². The van der Waals surface area contributed by atoms with Gasteiger partial charge in [-0.1, -0.05) is 160 Å². The first-order chi connectivity index (χ1) is 26.5. The molecule has 0 aromatic heterocycles. The third kappa shape index (κ3) is 4.77. The van der Waals surface area contributed by atoms with Crippen molar-refractivity contribution in [2.24, 2.45) is 5.92 Å². The summed E-state index contributed by atoms with van der Waals surface area (Å²) in [5.41, 5.74) is 19.7. The highest BCUT2D eigenvalue weighted by Gasteiger charge is 2.50. The maximum atomic E-state index is 2.56. The van der Waals surface area contributed by atoms with Crippen molar-refractivity contribution in [2.75, 3.05) is 4.90 Å². The number of nitrogens with zero attached hydrogens (tertiary/aromatic N) is 1. The Balaban J connectivity index is 1.24. The molecule has 0 N–H and O–H groups in total. The van der Waals surface area contributed by atoms with Crippen LogP contribution in [-0.4, -0.2) is 0 Å². The predicted molar refractivity (Wildman–Crippen MR) is 228 cm³/mol. The normalized spacial score (nSPS) is 21.3. The average molecular weight is 696 g/mol. The molecule has 0 saturated carbocycles. The fourth-order valence-corrected chi connectivity index (χ4v) is 10.3. The average Bonchev–Trinajstić information content (AvgIpc) is 3.96. The van der Waals surface area contributed by atoms with Crippen molar-refractivity contribution in [1.29, 1.82) is 0 Å². The molecule has 5 aromatic carbocycles. The molecule has 5 aromatic rings. The number of anilines is 2. The largest absolute Gasteiger partial charge is 0.310 e. The zero-order valence-corrected chi connectivity index (χ0v) is 31.4. The Hall–Kier alpha value is -5.92. The van der Waals surface area contributed by atoms with E-state index in [0.29, 0.717) is 5.92 Å². The number of benzene rings is 5. The van der Waals surface area contributed by atoms with E-state index in [1.807, 2.05) is 0 Å². The minimum Gasteiger partial charge on any atom is -0.310 e. The van der Waals surface area contributed by atoms with Gasteiger partial charge in [-0.25, -0.2) is 0 Å². The second-order valence-electron chi connectivity index (χ2n) is 15.9. The molecule has 0 saturated heterocycles. The topological polar surface area (TPSA) is 3.24 Å².